The Hall–Kier alpha value is -2.54. The number of aliphatic hydroxyl groups is 1. The minimum atomic E-state index is -4.87. The molecule has 1 N–H and O–H groups in total. The van der Waals surface area contributed by atoms with Gasteiger partial charge in [-0.1, -0.05) is 15.9 Å². The van der Waals surface area contributed by atoms with Crippen LogP contribution in [0, 0.1) is 12.1 Å². The van der Waals surface area contributed by atoms with Crippen LogP contribution < -0.4 is 4.74 Å². The van der Waals surface area contributed by atoms with Crippen LogP contribution in [0.1, 0.15) is 11.1 Å². The predicted octanol–water partition coefficient (Wildman–Crippen LogP) is 2.70. The number of likely N-dealkylation sites (N-methyl/N-ethyl adjacent to an activating group) is 1. The second-order valence-corrected chi connectivity index (χ2v) is 6.81. The number of aryl methyl sites for hydroxylation is 1. The lowest BCUT2D eigenvalue weighted by Crippen LogP contribution is -2.41. The molecule has 160 valence electrons. The Balaban J connectivity index is 2.15. The Morgan fingerprint density at radius 1 is 1.48 bits per heavy atom. The monoisotopic (exact) mass is 483 g/mol. The summed E-state index contributed by atoms with van der Waals surface area (Å²) in [7, 11) is 1.30. The molecule has 0 amide bonds. The molecule has 1 aliphatic rings. The van der Waals surface area contributed by atoms with E-state index in [9.17, 15) is 23.2 Å². The van der Waals surface area contributed by atoms with Gasteiger partial charge in [-0.05, 0) is 30.7 Å². The van der Waals surface area contributed by atoms with Crippen molar-refractivity contribution in [2.24, 2.45) is 5.28 Å². The highest BCUT2D eigenvalue weighted by Gasteiger charge is 2.49. The van der Waals surface area contributed by atoms with E-state index >= 15 is 0 Å². The fourth-order valence-corrected chi connectivity index (χ4v) is 2.98. The van der Waals surface area contributed by atoms with E-state index in [4.69, 9.17) is 9.84 Å². The van der Waals surface area contributed by atoms with E-state index in [1.54, 1.807) is 13.0 Å². The summed E-state index contributed by atoms with van der Waals surface area (Å²) in [4.78, 5) is 16.6. The highest BCUT2D eigenvalue weighted by atomic mass is 79.9. The number of benzene rings is 1. The van der Waals surface area contributed by atoms with E-state index in [0.29, 0.717) is 10.0 Å². The molecule has 0 unspecified atom stereocenters. The van der Waals surface area contributed by atoms with Gasteiger partial charge in [0.2, 0.25) is 11.4 Å². The lowest BCUT2D eigenvalue weighted by molar-refractivity contribution is -0.706. The first kappa shape index (κ1) is 22.7. The average Bonchev–Trinajstić information content (AvgIpc) is 2.63. The smallest absolute Gasteiger partial charge is 0.430 e. The number of halogens is 4. The van der Waals surface area contributed by atoms with Crippen molar-refractivity contribution in [3.63, 3.8) is 0 Å². The number of ether oxygens (including phenoxy) is 2. The summed E-state index contributed by atoms with van der Waals surface area (Å²) in [5, 5.41) is 24.0. The molecule has 1 aliphatic heterocycles. The number of fused-ring (bicyclic) bond motifs is 1. The van der Waals surface area contributed by atoms with Crippen LogP contribution in [0.3, 0.4) is 0 Å². The second kappa shape index (κ2) is 9.31. The quantitative estimate of drug-likeness (QED) is 0.158. The first-order valence-electron chi connectivity index (χ1n) is 8.09. The molecule has 13 heteroatoms. The van der Waals surface area contributed by atoms with Gasteiger partial charge < -0.3 is 24.6 Å². The summed E-state index contributed by atoms with van der Waals surface area (Å²) < 4.78 is 50.5. The molecule has 0 spiro atoms. The van der Waals surface area contributed by atoms with Crippen LogP contribution >= 0.6 is 15.9 Å². The van der Waals surface area contributed by atoms with E-state index in [1.807, 2.05) is 0 Å². The number of aliphatic hydroxyl groups excluding tert-OH is 1. The molecule has 0 radical (unpaired) electrons. The SMILES string of the molecule is Cc1cc(Br)cc2c1O[C@H](C(F)(F)F)C(C(=O)OCON=[N+]([O-])N(C)CCO)=C2. The summed E-state index contributed by atoms with van der Waals surface area (Å²) >= 11 is 3.23. The van der Waals surface area contributed by atoms with Crippen LogP contribution in [0.2, 0.25) is 0 Å². The van der Waals surface area contributed by atoms with Crippen LogP contribution in [0.5, 0.6) is 5.75 Å². The van der Waals surface area contributed by atoms with Gasteiger partial charge in [-0.15, -0.1) is 5.01 Å². The summed E-state index contributed by atoms with van der Waals surface area (Å²) in [6.07, 6.45) is -6.36. The molecule has 0 bridgehead atoms. The highest BCUT2D eigenvalue weighted by molar-refractivity contribution is 9.10. The number of rotatable bonds is 7. The van der Waals surface area contributed by atoms with E-state index in [1.165, 1.54) is 13.1 Å². The van der Waals surface area contributed by atoms with Gasteiger partial charge in [0.05, 0.1) is 30.7 Å². The Labute approximate surface area is 171 Å². The van der Waals surface area contributed by atoms with Crippen molar-refractivity contribution in [3.05, 3.63) is 38.5 Å². The molecule has 1 aromatic rings. The number of hydrazine groups is 1. The van der Waals surface area contributed by atoms with Gasteiger partial charge in [0.1, 0.15) is 5.75 Å². The number of nitrogens with zero attached hydrogens (tertiary/aromatic N) is 3. The van der Waals surface area contributed by atoms with Crippen LogP contribution in [0.4, 0.5) is 13.2 Å². The molecular formula is C16H17BrF3N3O6. The van der Waals surface area contributed by atoms with Crippen LogP contribution in [-0.2, 0) is 14.4 Å². The summed E-state index contributed by atoms with van der Waals surface area (Å²) in [5.41, 5.74) is -0.0502. The maximum Gasteiger partial charge on any atom is 0.430 e. The maximum atomic E-state index is 13.4. The Kier molecular flexibility index (Phi) is 7.30. The first-order chi connectivity index (χ1) is 13.5. The zero-order chi connectivity index (χ0) is 21.8. The fraction of sp³-hybridized carbons (Fsp3) is 0.438. The number of carbonyl (C=O) groups is 1. The van der Waals surface area contributed by atoms with E-state index in [2.05, 4.69) is 30.8 Å². The van der Waals surface area contributed by atoms with Crippen molar-refractivity contribution in [2.45, 2.75) is 19.2 Å². The van der Waals surface area contributed by atoms with Crippen molar-refractivity contribution in [2.75, 3.05) is 27.0 Å². The Bertz CT molecular complexity index is 831. The lowest BCUT2D eigenvalue weighted by atomic mass is 9.99. The predicted molar refractivity (Wildman–Crippen MR) is 95.1 cm³/mol. The van der Waals surface area contributed by atoms with Crippen LogP contribution in [0.25, 0.3) is 6.08 Å². The number of esters is 1. The van der Waals surface area contributed by atoms with E-state index in [0.717, 1.165) is 11.1 Å². The van der Waals surface area contributed by atoms with Crippen molar-refractivity contribution in [3.8, 4) is 5.75 Å². The van der Waals surface area contributed by atoms with Gasteiger partial charge in [-0.25, -0.2) is 4.79 Å². The van der Waals surface area contributed by atoms with E-state index < -0.39 is 30.6 Å². The molecule has 0 saturated carbocycles. The molecule has 0 fully saturated rings. The third-order valence-electron chi connectivity index (χ3n) is 3.72. The van der Waals surface area contributed by atoms with Crippen molar-refractivity contribution < 1.29 is 42.4 Å². The Morgan fingerprint density at radius 2 is 2.17 bits per heavy atom. The van der Waals surface area contributed by atoms with Gasteiger partial charge in [-0.3, -0.25) is 0 Å². The molecular weight excluding hydrogens is 467 g/mol. The fourth-order valence-electron chi connectivity index (χ4n) is 2.39. The normalized spacial score (nSPS) is 16.4. The van der Waals surface area contributed by atoms with Crippen molar-refractivity contribution in [1.29, 1.82) is 0 Å². The molecule has 29 heavy (non-hydrogen) atoms. The van der Waals surface area contributed by atoms with Gasteiger partial charge in [0, 0.05) is 10.0 Å². The summed E-state index contributed by atoms with van der Waals surface area (Å²) in [5.74, 6) is -1.33. The van der Waals surface area contributed by atoms with Gasteiger partial charge in [-0.2, -0.15) is 13.2 Å². The maximum absolute atomic E-state index is 13.4. The second-order valence-electron chi connectivity index (χ2n) is 5.90. The minimum absolute atomic E-state index is 0.00671. The van der Waals surface area contributed by atoms with Gasteiger partial charge in [0.25, 0.3) is 6.79 Å². The topological polar surface area (TPSA) is 107 Å². The number of alkyl halides is 3. The lowest BCUT2D eigenvalue weighted by Gasteiger charge is -2.28. The number of carbonyl (C=O) groups excluding carboxylic acids is 1. The molecule has 0 saturated heterocycles. The molecule has 1 atom stereocenters. The number of hydrogen-bond acceptors (Lipinski definition) is 7. The third-order valence-corrected chi connectivity index (χ3v) is 4.17. The highest BCUT2D eigenvalue weighted by Crippen LogP contribution is 2.40. The average molecular weight is 484 g/mol. The molecule has 1 heterocycles. The minimum Gasteiger partial charge on any atom is -0.569 e. The first-order valence-corrected chi connectivity index (χ1v) is 8.88. The van der Waals surface area contributed by atoms with Crippen molar-refractivity contribution in [1.82, 2.24) is 5.01 Å². The Morgan fingerprint density at radius 3 is 2.79 bits per heavy atom. The zero-order valence-corrected chi connectivity index (χ0v) is 16.9. The zero-order valence-electron chi connectivity index (χ0n) is 15.3. The molecule has 9 nitrogen and oxygen atoms in total. The number of hydrogen-bond donors (Lipinski definition) is 1. The molecule has 1 aromatic carbocycles. The van der Waals surface area contributed by atoms with Gasteiger partial charge >= 0.3 is 12.1 Å². The van der Waals surface area contributed by atoms with Crippen LogP contribution in [-0.4, -0.2) is 60.3 Å². The standard InChI is InChI=1S/C16H17BrF3N3O6/c1-9-5-11(17)6-10-7-12(14(16(18,19)20)29-13(9)10)15(25)27-8-28-21-23(26)22(2)3-4-24/h5-7,14,24H,3-4,8H2,1-2H3/t14-/m0/s1. The third kappa shape index (κ3) is 5.73. The summed E-state index contributed by atoms with van der Waals surface area (Å²) in [6.45, 7) is 0.314. The van der Waals surface area contributed by atoms with Gasteiger partial charge in [0.15, 0.2) is 0 Å². The van der Waals surface area contributed by atoms with E-state index in [-0.39, 0.29) is 29.4 Å². The summed E-state index contributed by atoms with van der Waals surface area (Å²) in [6, 6.07) is 3.08. The molecule has 0 aliphatic carbocycles. The molecule has 0 aromatic heterocycles. The largest absolute Gasteiger partial charge is 0.569 e. The van der Waals surface area contributed by atoms with Crippen LogP contribution in [0.15, 0.2) is 27.5 Å². The van der Waals surface area contributed by atoms with Crippen molar-refractivity contribution >= 4 is 28.0 Å². The molecule has 2 rings (SSSR count).